The van der Waals surface area contributed by atoms with Gasteiger partial charge in [-0.1, -0.05) is 0 Å². The molecule has 1 N–H and O–H groups in total. The molecule has 1 aromatic carbocycles. The summed E-state index contributed by atoms with van der Waals surface area (Å²) in [6.07, 6.45) is 0.542. The lowest BCUT2D eigenvalue weighted by Crippen LogP contribution is -2.35. The zero-order chi connectivity index (χ0) is 18.0. The van der Waals surface area contributed by atoms with Crippen molar-refractivity contribution in [2.75, 3.05) is 13.1 Å². The lowest BCUT2D eigenvalue weighted by atomic mass is 10.1. The largest absolute Gasteiger partial charge is 0.416 e. The second-order valence-electron chi connectivity index (χ2n) is 5.70. The van der Waals surface area contributed by atoms with Crippen molar-refractivity contribution in [3.63, 3.8) is 0 Å². The maximum Gasteiger partial charge on any atom is 0.416 e. The van der Waals surface area contributed by atoms with Gasteiger partial charge in [-0.05, 0) is 37.1 Å². The maximum absolute atomic E-state index is 12.9. The third-order valence-electron chi connectivity index (χ3n) is 3.67. The van der Waals surface area contributed by atoms with Gasteiger partial charge in [-0.25, -0.2) is 15.1 Å². The average molecular weight is 351 g/mol. The second-order valence-corrected chi connectivity index (χ2v) is 5.70. The molecule has 1 fully saturated rings. The summed E-state index contributed by atoms with van der Waals surface area (Å²) in [5.41, 5.74) is 2.92. The summed E-state index contributed by atoms with van der Waals surface area (Å²) in [7, 11) is 0. The number of rotatable bonds is 3. The van der Waals surface area contributed by atoms with Crippen LogP contribution in [0.3, 0.4) is 0 Å². The average Bonchev–Trinajstić information content (AvgIpc) is 3.23. The van der Waals surface area contributed by atoms with Gasteiger partial charge in [0.05, 0.1) is 5.56 Å². The Morgan fingerprint density at radius 2 is 2.12 bits per heavy atom. The number of hydrogen-bond donors (Lipinski definition) is 1. The van der Waals surface area contributed by atoms with Crippen molar-refractivity contribution in [2.45, 2.75) is 19.5 Å². The zero-order valence-electron chi connectivity index (χ0n) is 13.4. The normalized spacial score (nSPS) is 15.3. The standard InChI is InChI=1S/C16H16F3N5O/c1-11-7-12(9-13(8-11)16(17,18)19)15-20-10-23(22-15)6-3-14(25)24-5-2-4-21-24/h3,6-10,21H,2,4-5H2,1H3/b6-3-. The fourth-order valence-corrected chi connectivity index (χ4v) is 2.50. The van der Waals surface area contributed by atoms with Crippen molar-refractivity contribution in [2.24, 2.45) is 0 Å². The molecule has 25 heavy (non-hydrogen) atoms. The van der Waals surface area contributed by atoms with E-state index >= 15 is 0 Å². The van der Waals surface area contributed by atoms with E-state index in [9.17, 15) is 18.0 Å². The van der Waals surface area contributed by atoms with Crippen molar-refractivity contribution in [3.05, 3.63) is 41.7 Å². The number of aromatic nitrogens is 3. The highest BCUT2D eigenvalue weighted by molar-refractivity contribution is 5.89. The third kappa shape index (κ3) is 4.05. The molecule has 0 aliphatic carbocycles. The number of alkyl halides is 3. The van der Waals surface area contributed by atoms with Gasteiger partial charge in [0.25, 0.3) is 5.91 Å². The summed E-state index contributed by atoms with van der Waals surface area (Å²) in [6, 6.07) is 3.66. The van der Waals surface area contributed by atoms with Crippen molar-refractivity contribution in [1.29, 1.82) is 0 Å². The quantitative estimate of drug-likeness (QED) is 0.863. The summed E-state index contributed by atoms with van der Waals surface area (Å²) >= 11 is 0. The highest BCUT2D eigenvalue weighted by Gasteiger charge is 2.31. The molecule has 1 aliphatic heterocycles. The molecule has 6 nitrogen and oxygen atoms in total. The monoisotopic (exact) mass is 351 g/mol. The molecule has 2 heterocycles. The van der Waals surface area contributed by atoms with E-state index < -0.39 is 11.7 Å². The Hall–Kier alpha value is -2.68. The second kappa shape index (κ2) is 6.67. The Labute approximate surface area is 141 Å². The summed E-state index contributed by atoms with van der Waals surface area (Å²) in [4.78, 5) is 15.9. The molecule has 0 spiro atoms. The van der Waals surface area contributed by atoms with Crippen LogP contribution in [-0.4, -0.2) is 38.8 Å². The van der Waals surface area contributed by atoms with Crippen LogP contribution in [0.4, 0.5) is 13.2 Å². The Morgan fingerprint density at radius 1 is 1.32 bits per heavy atom. The van der Waals surface area contributed by atoms with E-state index in [2.05, 4.69) is 15.5 Å². The number of amides is 1. The highest BCUT2D eigenvalue weighted by atomic mass is 19.4. The third-order valence-corrected chi connectivity index (χ3v) is 3.67. The first-order valence-electron chi connectivity index (χ1n) is 7.66. The van der Waals surface area contributed by atoms with Gasteiger partial charge >= 0.3 is 6.18 Å². The fraction of sp³-hybridized carbons (Fsp3) is 0.312. The molecule has 1 saturated heterocycles. The molecule has 0 saturated carbocycles. The van der Waals surface area contributed by atoms with Crippen LogP contribution in [0.5, 0.6) is 0 Å². The van der Waals surface area contributed by atoms with Crippen LogP contribution < -0.4 is 5.43 Å². The van der Waals surface area contributed by atoms with Gasteiger partial charge in [-0.3, -0.25) is 9.80 Å². The minimum absolute atomic E-state index is 0.158. The Balaban J connectivity index is 1.79. The number of benzene rings is 1. The molecular formula is C16H16F3N5O. The summed E-state index contributed by atoms with van der Waals surface area (Å²) in [5.74, 6) is -0.0601. The molecule has 0 radical (unpaired) electrons. The van der Waals surface area contributed by atoms with Gasteiger partial charge in [0, 0.05) is 30.9 Å². The molecule has 9 heteroatoms. The van der Waals surface area contributed by atoms with E-state index in [-0.39, 0.29) is 17.3 Å². The molecule has 132 valence electrons. The number of hydrazine groups is 1. The minimum atomic E-state index is -4.43. The Kier molecular flexibility index (Phi) is 4.58. The number of halogens is 3. The summed E-state index contributed by atoms with van der Waals surface area (Å²) in [6.45, 7) is 2.97. The van der Waals surface area contributed by atoms with Crippen LogP contribution in [0.15, 0.2) is 30.6 Å². The SMILES string of the molecule is Cc1cc(-c2ncn(/C=C\C(=O)N3CCCN3)n2)cc(C(F)(F)F)c1. The Bertz CT molecular complexity index is 806. The number of carbonyl (C=O) groups is 1. The lowest BCUT2D eigenvalue weighted by Gasteiger charge is -2.11. The first-order valence-corrected chi connectivity index (χ1v) is 7.66. The van der Waals surface area contributed by atoms with E-state index in [1.807, 2.05) is 0 Å². The van der Waals surface area contributed by atoms with Crippen LogP contribution in [0.2, 0.25) is 0 Å². The van der Waals surface area contributed by atoms with E-state index in [4.69, 9.17) is 0 Å². The molecule has 1 amide bonds. The lowest BCUT2D eigenvalue weighted by molar-refractivity contribution is -0.137. The first kappa shape index (κ1) is 17.2. The number of aryl methyl sites for hydroxylation is 1. The topological polar surface area (TPSA) is 63.1 Å². The van der Waals surface area contributed by atoms with Gasteiger partial charge in [0.15, 0.2) is 5.82 Å². The fourth-order valence-electron chi connectivity index (χ4n) is 2.50. The number of carbonyl (C=O) groups excluding carboxylic acids is 1. The van der Waals surface area contributed by atoms with Crippen molar-refractivity contribution >= 4 is 12.1 Å². The summed E-state index contributed by atoms with van der Waals surface area (Å²) < 4.78 is 40.1. The number of nitrogens with zero attached hydrogens (tertiary/aromatic N) is 4. The summed E-state index contributed by atoms with van der Waals surface area (Å²) in [5, 5.41) is 5.59. The van der Waals surface area contributed by atoms with Gasteiger partial charge in [0.2, 0.25) is 0 Å². The zero-order valence-corrected chi connectivity index (χ0v) is 13.4. The first-order chi connectivity index (χ1) is 11.8. The van der Waals surface area contributed by atoms with Crippen LogP contribution in [0, 0.1) is 6.92 Å². The molecule has 0 bridgehead atoms. The van der Waals surface area contributed by atoms with Gasteiger partial charge < -0.3 is 0 Å². The van der Waals surface area contributed by atoms with E-state index in [0.29, 0.717) is 12.1 Å². The van der Waals surface area contributed by atoms with Crippen molar-refractivity contribution < 1.29 is 18.0 Å². The van der Waals surface area contributed by atoms with E-state index in [1.165, 1.54) is 28.3 Å². The number of nitrogens with one attached hydrogen (secondary N) is 1. The van der Waals surface area contributed by atoms with E-state index in [1.54, 1.807) is 13.0 Å². The van der Waals surface area contributed by atoms with Gasteiger partial charge in [-0.15, -0.1) is 5.10 Å². The predicted molar refractivity (Wildman–Crippen MR) is 84.9 cm³/mol. The molecule has 3 rings (SSSR count). The van der Waals surface area contributed by atoms with Crippen LogP contribution in [0.1, 0.15) is 17.5 Å². The van der Waals surface area contributed by atoms with Crippen LogP contribution in [-0.2, 0) is 11.0 Å². The smallest absolute Gasteiger partial charge is 0.274 e. The van der Waals surface area contributed by atoms with Gasteiger partial charge in [-0.2, -0.15) is 13.2 Å². The molecule has 2 aromatic rings. The van der Waals surface area contributed by atoms with Crippen LogP contribution >= 0.6 is 0 Å². The van der Waals surface area contributed by atoms with E-state index in [0.717, 1.165) is 25.1 Å². The van der Waals surface area contributed by atoms with Crippen molar-refractivity contribution in [3.8, 4) is 11.4 Å². The molecule has 1 aliphatic rings. The highest BCUT2D eigenvalue weighted by Crippen LogP contribution is 2.32. The van der Waals surface area contributed by atoms with Gasteiger partial charge in [0.1, 0.15) is 6.33 Å². The predicted octanol–water partition coefficient (Wildman–Crippen LogP) is 2.48. The number of hydrogen-bond acceptors (Lipinski definition) is 4. The van der Waals surface area contributed by atoms with Crippen molar-refractivity contribution in [1.82, 2.24) is 25.2 Å². The molecule has 1 aromatic heterocycles. The van der Waals surface area contributed by atoms with Crippen LogP contribution in [0.25, 0.3) is 17.6 Å². The minimum Gasteiger partial charge on any atom is -0.274 e. The Morgan fingerprint density at radius 3 is 2.80 bits per heavy atom. The maximum atomic E-state index is 12.9. The molecule has 0 atom stereocenters. The molecule has 0 unspecified atom stereocenters. The molecular weight excluding hydrogens is 335 g/mol.